The maximum absolute atomic E-state index is 8.31. The zero-order chi connectivity index (χ0) is 7.28. The maximum atomic E-state index is 8.31. The van der Waals surface area contributed by atoms with Crippen molar-refractivity contribution in [2.75, 3.05) is 0 Å². The molecule has 0 atom stereocenters. The van der Waals surface area contributed by atoms with E-state index in [2.05, 4.69) is 0 Å². The van der Waals surface area contributed by atoms with Crippen molar-refractivity contribution in [2.45, 2.75) is 25.6 Å². The Hall–Kier alpha value is -0.610. The quantitative estimate of drug-likeness (QED) is 0.234. The second-order valence-electron chi connectivity index (χ2n) is 1.90. The molecule has 0 aromatic heterocycles. The Morgan fingerprint density at radius 2 is 2.11 bits per heavy atom. The van der Waals surface area contributed by atoms with Crippen LogP contribution in [-0.2, 0) is 0 Å². The average molecular weight is 132 g/mol. The van der Waals surface area contributed by atoms with E-state index in [0.717, 1.165) is 0 Å². The van der Waals surface area contributed by atoms with E-state index >= 15 is 0 Å². The van der Waals surface area contributed by atoms with Crippen LogP contribution in [0.15, 0.2) is 0 Å². The molecule has 54 valence electrons. The summed E-state index contributed by atoms with van der Waals surface area (Å²) in [6.07, 6.45) is 0.0360. The second-order valence-corrected chi connectivity index (χ2v) is 1.90. The number of nitrogens with two attached hydrogens (primary N) is 1. The minimum Gasteiger partial charge on any atom is -0.388 e. The zero-order valence-electron chi connectivity index (χ0n) is 5.17. The van der Waals surface area contributed by atoms with Crippen molar-refractivity contribution < 1.29 is 10.2 Å². The SMILES string of the molecule is N=C(N)CCCC(O)O. The monoisotopic (exact) mass is 132 g/mol. The van der Waals surface area contributed by atoms with Gasteiger partial charge in [-0.2, -0.15) is 0 Å². The molecule has 4 nitrogen and oxygen atoms in total. The zero-order valence-corrected chi connectivity index (χ0v) is 5.17. The van der Waals surface area contributed by atoms with Crippen LogP contribution >= 0.6 is 0 Å². The molecule has 0 rings (SSSR count). The summed E-state index contributed by atoms with van der Waals surface area (Å²) in [5.41, 5.74) is 5.00. The first-order chi connectivity index (χ1) is 4.13. The Labute approximate surface area is 53.8 Å². The Morgan fingerprint density at radius 3 is 2.44 bits per heavy atom. The van der Waals surface area contributed by atoms with E-state index in [9.17, 15) is 0 Å². The van der Waals surface area contributed by atoms with Crippen molar-refractivity contribution in [3.63, 3.8) is 0 Å². The molecule has 5 N–H and O–H groups in total. The number of rotatable bonds is 4. The Balaban J connectivity index is 3.01. The molecule has 0 heterocycles. The van der Waals surface area contributed by atoms with Gasteiger partial charge in [0.15, 0.2) is 6.29 Å². The minimum absolute atomic E-state index is 0.0932. The third-order valence-electron chi connectivity index (χ3n) is 0.908. The molecule has 0 aliphatic heterocycles. The van der Waals surface area contributed by atoms with Crippen molar-refractivity contribution in [1.29, 1.82) is 5.41 Å². The van der Waals surface area contributed by atoms with Crippen LogP contribution in [0.1, 0.15) is 19.3 Å². The van der Waals surface area contributed by atoms with Crippen LogP contribution in [0.25, 0.3) is 0 Å². The van der Waals surface area contributed by atoms with Crippen molar-refractivity contribution in [3.8, 4) is 0 Å². The molecule has 9 heavy (non-hydrogen) atoms. The van der Waals surface area contributed by atoms with Gasteiger partial charge >= 0.3 is 0 Å². The number of hydrogen-bond donors (Lipinski definition) is 4. The highest BCUT2D eigenvalue weighted by atomic mass is 16.5. The first-order valence-corrected chi connectivity index (χ1v) is 2.82. The van der Waals surface area contributed by atoms with Crippen LogP contribution in [0.3, 0.4) is 0 Å². The van der Waals surface area contributed by atoms with Crippen LogP contribution in [0, 0.1) is 5.41 Å². The third kappa shape index (κ3) is 7.39. The average Bonchev–Trinajstić information content (AvgIpc) is 1.63. The molecule has 4 heteroatoms. The number of amidine groups is 1. The highest BCUT2D eigenvalue weighted by Gasteiger charge is 1.96. The van der Waals surface area contributed by atoms with Crippen molar-refractivity contribution >= 4 is 5.84 Å². The predicted octanol–water partition coefficient (Wildman–Crippen LogP) is -0.597. The molecule has 0 fully saturated rings. The van der Waals surface area contributed by atoms with Crippen LogP contribution < -0.4 is 5.73 Å². The number of aliphatic hydroxyl groups excluding tert-OH is 1. The maximum Gasteiger partial charge on any atom is 0.151 e. The van der Waals surface area contributed by atoms with Gasteiger partial charge in [-0.1, -0.05) is 0 Å². The summed E-state index contributed by atoms with van der Waals surface area (Å²) in [6.45, 7) is 0. The molecule has 0 aliphatic carbocycles. The molecule has 0 amide bonds. The Bertz CT molecular complexity index is 93.0. The lowest BCUT2D eigenvalue weighted by atomic mass is 10.2. The van der Waals surface area contributed by atoms with E-state index in [1.807, 2.05) is 0 Å². The van der Waals surface area contributed by atoms with Gasteiger partial charge in [0.2, 0.25) is 0 Å². The third-order valence-corrected chi connectivity index (χ3v) is 0.908. The number of nitrogens with one attached hydrogen (secondary N) is 1. The van der Waals surface area contributed by atoms with Gasteiger partial charge in [-0.15, -0.1) is 0 Å². The van der Waals surface area contributed by atoms with Crippen molar-refractivity contribution in [1.82, 2.24) is 0 Å². The molecule has 0 aromatic carbocycles. The largest absolute Gasteiger partial charge is 0.388 e. The van der Waals surface area contributed by atoms with Gasteiger partial charge in [0.25, 0.3) is 0 Å². The topological polar surface area (TPSA) is 90.3 Å². The van der Waals surface area contributed by atoms with E-state index in [4.69, 9.17) is 21.4 Å². The fourth-order valence-corrected chi connectivity index (χ4v) is 0.475. The molecule has 0 spiro atoms. The summed E-state index contributed by atoms with van der Waals surface area (Å²) in [5, 5.41) is 23.4. The molecular weight excluding hydrogens is 120 g/mol. The predicted molar refractivity (Wildman–Crippen MR) is 34.0 cm³/mol. The van der Waals surface area contributed by atoms with Gasteiger partial charge in [-0.3, -0.25) is 5.41 Å². The van der Waals surface area contributed by atoms with E-state index in [-0.39, 0.29) is 5.84 Å². The standard InChI is InChI=1S/C5H12N2O2/c6-4(7)2-1-3-5(8)9/h5,8-9H,1-3H2,(H3,6,7). The van der Waals surface area contributed by atoms with Crippen molar-refractivity contribution in [2.24, 2.45) is 5.73 Å². The molecule has 0 aliphatic rings. The van der Waals surface area contributed by atoms with Gasteiger partial charge < -0.3 is 15.9 Å². The van der Waals surface area contributed by atoms with Gasteiger partial charge in [-0.25, -0.2) is 0 Å². The van der Waals surface area contributed by atoms with Gasteiger partial charge in [0.1, 0.15) is 0 Å². The van der Waals surface area contributed by atoms with Gasteiger partial charge in [0.05, 0.1) is 5.84 Å². The summed E-state index contributed by atoms with van der Waals surface area (Å²) in [7, 11) is 0. The smallest absolute Gasteiger partial charge is 0.151 e. The number of aliphatic hydroxyl groups is 2. The number of hydrogen-bond acceptors (Lipinski definition) is 3. The van der Waals surface area contributed by atoms with Gasteiger partial charge in [-0.05, 0) is 12.8 Å². The van der Waals surface area contributed by atoms with Crippen molar-refractivity contribution in [3.05, 3.63) is 0 Å². The second kappa shape index (κ2) is 4.29. The summed E-state index contributed by atoms with van der Waals surface area (Å²) in [5.74, 6) is 0.0932. The van der Waals surface area contributed by atoms with Crippen LogP contribution in [0.4, 0.5) is 0 Å². The summed E-state index contributed by atoms with van der Waals surface area (Å²) in [6, 6.07) is 0. The van der Waals surface area contributed by atoms with Crippen LogP contribution in [0.5, 0.6) is 0 Å². The lowest BCUT2D eigenvalue weighted by molar-refractivity contribution is -0.0458. The summed E-state index contributed by atoms with van der Waals surface area (Å²) < 4.78 is 0. The highest BCUT2D eigenvalue weighted by Crippen LogP contribution is 1.96. The Kier molecular flexibility index (Phi) is 4.00. The van der Waals surface area contributed by atoms with Gasteiger partial charge in [0, 0.05) is 6.42 Å². The molecule has 0 radical (unpaired) electrons. The summed E-state index contributed by atoms with van der Waals surface area (Å²) >= 11 is 0. The van der Waals surface area contributed by atoms with E-state index in [1.165, 1.54) is 0 Å². The lowest BCUT2D eigenvalue weighted by Gasteiger charge is -2.00. The fourth-order valence-electron chi connectivity index (χ4n) is 0.475. The molecule has 0 unspecified atom stereocenters. The fraction of sp³-hybridized carbons (Fsp3) is 0.800. The molecule has 0 aromatic rings. The highest BCUT2D eigenvalue weighted by molar-refractivity contribution is 5.76. The van der Waals surface area contributed by atoms with E-state index in [0.29, 0.717) is 19.3 Å². The minimum atomic E-state index is -1.26. The van der Waals surface area contributed by atoms with E-state index < -0.39 is 6.29 Å². The van der Waals surface area contributed by atoms with E-state index in [1.54, 1.807) is 0 Å². The first kappa shape index (κ1) is 8.39. The molecular formula is C5H12N2O2. The molecule has 0 saturated heterocycles. The molecule has 0 bridgehead atoms. The lowest BCUT2D eigenvalue weighted by Crippen LogP contribution is -2.11. The van der Waals surface area contributed by atoms with Crippen LogP contribution in [0.2, 0.25) is 0 Å². The Morgan fingerprint density at radius 1 is 1.56 bits per heavy atom. The first-order valence-electron chi connectivity index (χ1n) is 2.82. The summed E-state index contributed by atoms with van der Waals surface area (Å²) in [4.78, 5) is 0. The molecule has 0 saturated carbocycles. The normalized spacial score (nSPS) is 10.1. The van der Waals surface area contributed by atoms with Crippen LogP contribution in [-0.4, -0.2) is 22.3 Å².